The third-order valence-corrected chi connectivity index (χ3v) is 3.62. The van der Waals surface area contributed by atoms with Gasteiger partial charge in [0.25, 0.3) is 5.91 Å². The van der Waals surface area contributed by atoms with E-state index in [1.807, 2.05) is 13.0 Å². The number of hydrogen-bond acceptors (Lipinski definition) is 3. The Morgan fingerprint density at radius 1 is 1.23 bits per heavy atom. The van der Waals surface area contributed by atoms with Crippen molar-refractivity contribution < 1.29 is 18.0 Å². The van der Waals surface area contributed by atoms with E-state index in [2.05, 4.69) is 10.3 Å². The largest absolute Gasteiger partial charge is 0.446 e. The van der Waals surface area contributed by atoms with Crippen LogP contribution in [0.1, 0.15) is 28.9 Å². The van der Waals surface area contributed by atoms with Gasteiger partial charge in [-0.05, 0) is 54.6 Å². The zero-order valence-corrected chi connectivity index (χ0v) is 12.4. The summed E-state index contributed by atoms with van der Waals surface area (Å²) in [7, 11) is 0. The molecule has 0 bridgehead atoms. The van der Waals surface area contributed by atoms with Crippen molar-refractivity contribution in [2.45, 2.75) is 23.4 Å². The number of pyridine rings is 1. The van der Waals surface area contributed by atoms with Crippen LogP contribution in [-0.4, -0.2) is 16.4 Å². The summed E-state index contributed by atoms with van der Waals surface area (Å²) < 4.78 is 36.7. The summed E-state index contributed by atoms with van der Waals surface area (Å²) in [6, 6.07) is 8.66. The number of nitrogens with zero attached hydrogens (tertiary/aromatic N) is 1. The van der Waals surface area contributed by atoms with Gasteiger partial charge in [-0.15, -0.1) is 0 Å². The fourth-order valence-corrected chi connectivity index (χ4v) is 2.34. The standard InChI is InChI=1S/C15H13F3N2OS/c1-10(12-3-2-8-19-9-12)20-14(21)11-4-6-13(7-5-11)22-15(16,17)18/h2-10H,1H3,(H,20,21). The molecule has 2 rings (SSSR count). The minimum Gasteiger partial charge on any atom is -0.345 e. The molecule has 0 saturated heterocycles. The molecule has 3 nitrogen and oxygen atoms in total. The highest BCUT2D eigenvalue weighted by Crippen LogP contribution is 2.36. The predicted molar refractivity (Wildman–Crippen MR) is 78.5 cm³/mol. The molecule has 0 fully saturated rings. The molecule has 0 aliphatic carbocycles. The smallest absolute Gasteiger partial charge is 0.345 e. The van der Waals surface area contributed by atoms with Gasteiger partial charge in [0, 0.05) is 22.9 Å². The Morgan fingerprint density at radius 3 is 2.45 bits per heavy atom. The molecular weight excluding hydrogens is 313 g/mol. The van der Waals surface area contributed by atoms with Crippen LogP contribution in [-0.2, 0) is 0 Å². The number of halogens is 3. The maximum absolute atomic E-state index is 12.2. The van der Waals surface area contributed by atoms with E-state index in [0.29, 0.717) is 5.56 Å². The molecule has 2 aromatic rings. The summed E-state index contributed by atoms with van der Waals surface area (Å²) in [5, 5.41) is 2.77. The molecule has 0 aliphatic heterocycles. The maximum atomic E-state index is 12.2. The molecule has 1 atom stereocenters. The second kappa shape index (κ2) is 6.83. The van der Waals surface area contributed by atoms with Crippen molar-refractivity contribution in [3.05, 3.63) is 59.9 Å². The van der Waals surface area contributed by atoms with Crippen LogP contribution in [0.2, 0.25) is 0 Å². The quantitative estimate of drug-likeness (QED) is 0.857. The molecule has 1 N–H and O–H groups in total. The monoisotopic (exact) mass is 326 g/mol. The van der Waals surface area contributed by atoms with Gasteiger partial charge >= 0.3 is 5.51 Å². The molecule has 0 radical (unpaired) electrons. The summed E-state index contributed by atoms with van der Waals surface area (Å²) in [6.07, 6.45) is 3.28. The van der Waals surface area contributed by atoms with Crippen LogP contribution in [0.15, 0.2) is 53.7 Å². The van der Waals surface area contributed by atoms with Gasteiger partial charge in [-0.3, -0.25) is 9.78 Å². The molecule has 1 unspecified atom stereocenters. The number of hydrogen-bond donors (Lipinski definition) is 1. The van der Waals surface area contributed by atoms with Gasteiger partial charge in [-0.1, -0.05) is 6.07 Å². The van der Waals surface area contributed by atoms with Gasteiger partial charge in [-0.2, -0.15) is 13.2 Å². The van der Waals surface area contributed by atoms with E-state index >= 15 is 0 Å². The number of carbonyl (C=O) groups is 1. The highest BCUT2D eigenvalue weighted by Gasteiger charge is 2.29. The highest BCUT2D eigenvalue weighted by atomic mass is 32.2. The summed E-state index contributed by atoms with van der Waals surface area (Å²) in [4.78, 5) is 16.1. The predicted octanol–water partition coefficient (Wildman–Crippen LogP) is 4.18. The minimum absolute atomic E-state index is 0.0457. The number of benzene rings is 1. The SMILES string of the molecule is CC(NC(=O)c1ccc(SC(F)(F)F)cc1)c1cccnc1. The van der Waals surface area contributed by atoms with Crippen molar-refractivity contribution in [2.75, 3.05) is 0 Å². The first-order valence-corrected chi connectivity index (χ1v) is 7.23. The van der Waals surface area contributed by atoms with Gasteiger partial charge in [0.1, 0.15) is 0 Å². The lowest BCUT2D eigenvalue weighted by molar-refractivity contribution is -0.0328. The molecule has 1 amide bonds. The third-order valence-electron chi connectivity index (χ3n) is 2.88. The van der Waals surface area contributed by atoms with Crippen molar-refractivity contribution in [2.24, 2.45) is 0 Å². The van der Waals surface area contributed by atoms with Crippen LogP contribution in [0.3, 0.4) is 0 Å². The topological polar surface area (TPSA) is 42.0 Å². The Kier molecular flexibility index (Phi) is 5.07. The number of thioether (sulfide) groups is 1. The second-order valence-electron chi connectivity index (χ2n) is 4.55. The second-order valence-corrected chi connectivity index (χ2v) is 5.69. The lowest BCUT2D eigenvalue weighted by Crippen LogP contribution is -2.26. The molecular formula is C15H13F3N2OS. The van der Waals surface area contributed by atoms with E-state index in [1.54, 1.807) is 18.5 Å². The number of nitrogens with one attached hydrogen (secondary N) is 1. The van der Waals surface area contributed by atoms with Crippen molar-refractivity contribution in [3.63, 3.8) is 0 Å². The van der Waals surface area contributed by atoms with Crippen molar-refractivity contribution >= 4 is 17.7 Å². The summed E-state index contributed by atoms with van der Waals surface area (Å²) in [6.45, 7) is 1.81. The van der Waals surface area contributed by atoms with E-state index in [4.69, 9.17) is 0 Å². The zero-order valence-electron chi connectivity index (χ0n) is 11.6. The minimum atomic E-state index is -4.33. The Hall–Kier alpha value is -2.02. The summed E-state index contributed by atoms with van der Waals surface area (Å²) in [5.41, 5.74) is -3.18. The van der Waals surface area contributed by atoms with Crippen LogP contribution in [0.5, 0.6) is 0 Å². The van der Waals surface area contributed by atoms with E-state index in [1.165, 1.54) is 24.3 Å². The van der Waals surface area contributed by atoms with Crippen molar-refractivity contribution in [3.8, 4) is 0 Å². The number of rotatable bonds is 4. The van der Waals surface area contributed by atoms with Gasteiger partial charge in [0.05, 0.1) is 6.04 Å². The molecule has 1 aromatic carbocycles. The van der Waals surface area contributed by atoms with Crippen LogP contribution in [0.4, 0.5) is 13.2 Å². The molecule has 7 heteroatoms. The van der Waals surface area contributed by atoms with Crippen LogP contribution < -0.4 is 5.32 Å². The molecule has 0 saturated carbocycles. The van der Waals surface area contributed by atoms with Gasteiger partial charge in [0.15, 0.2) is 0 Å². The Labute approximate surface area is 129 Å². The highest BCUT2D eigenvalue weighted by molar-refractivity contribution is 8.00. The molecule has 0 aliphatic rings. The van der Waals surface area contributed by atoms with Crippen LogP contribution in [0.25, 0.3) is 0 Å². The van der Waals surface area contributed by atoms with E-state index < -0.39 is 5.51 Å². The average Bonchev–Trinajstić information content (AvgIpc) is 2.47. The van der Waals surface area contributed by atoms with Crippen LogP contribution in [0, 0.1) is 0 Å². The van der Waals surface area contributed by atoms with Gasteiger partial charge in [-0.25, -0.2) is 0 Å². The van der Waals surface area contributed by atoms with Crippen molar-refractivity contribution in [1.29, 1.82) is 0 Å². The number of alkyl halides is 3. The van der Waals surface area contributed by atoms with E-state index in [0.717, 1.165) is 5.56 Å². The summed E-state index contributed by atoms with van der Waals surface area (Å²) >= 11 is -0.208. The Bertz CT molecular complexity index is 629. The summed E-state index contributed by atoms with van der Waals surface area (Å²) in [5.74, 6) is -0.347. The fourth-order valence-electron chi connectivity index (χ4n) is 1.80. The molecule has 116 valence electrons. The van der Waals surface area contributed by atoms with Crippen LogP contribution >= 0.6 is 11.8 Å². The number of amides is 1. The lowest BCUT2D eigenvalue weighted by Gasteiger charge is -2.14. The molecule has 22 heavy (non-hydrogen) atoms. The lowest BCUT2D eigenvalue weighted by atomic mass is 10.1. The first-order valence-electron chi connectivity index (χ1n) is 6.42. The first kappa shape index (κ1) is 16.4. The molecule has 1 heterocycles. The normalized spacial score (nSPS) is 12.7. The Balaban J connectivity index is 2.01. The third kappa shape index (κ3) is 4.77. The van der Waals surface area contributed by atoms with Crippen molar-refractivity contribution in [1.82, 2.24) is 10.3 Å². The molecule has 1 aromatic heterocycles. The number of carbonyl (C=O) groups excluding carboxylic acids is 1. The van der Waals surface area contributed by atoms with Gasteiger partial charge in [0.2, 0.25) is 0 Å². The average molecular weight is 326 g/mol. The van der Waals surface area contributed by atoms with Gasteiger partial charge < -0.3 is 5.32 Å². The fraction of sp³-hybridized carbons (Fsp3) is 0.200. The van der Waals surface area contributed by atoms with E-state index in [9.17, 15) is 18.0 Å². The number of aromatic nitrogens is 1. The molecule has 0 spiro atoms. The first-order chi connectivity index (χ1) is 10.3. The maximum Gasteiger partial charge on any atom is 0.446 e. The Morgan fingerprint density at radius 2 is 1.91 bits per heavy atom. The zero-order chi connectivity index (χ0) is 16.2. The van der Waals surface area contributed by atoms with E-state index in [-0.39, 0.29) is 28.6 Å².